The van der Waals surface area contributed by atoms with Crippen molar-refractivity contribution >= 4 is 28.9 Å². The van der Waals surface area contributed by atoms with Crippen LogP contribution >= 0.6 is 0 Å². The van der Waals surface area contributed by atoms with E-state index in [1.807, 2.05) is 106 Å². The number of anilines is 3. The molecule has 0 N–H and O–H groups in total. The monoisotopic (exact) mass is 413 g/mol. The lowest BCUT2D eigenvalue weighted by atomic mass is 9.98. The molecule has 4 rings (SSSR count). The van der Waals surface area contributed by atoms with Crippen molar-refractivity contribution in [3.8, 4) is 0 Å². The summed E-state index contributed by atoms with van der Waals surface area (Å²) >= 11 is 0. The van der Waals surface area contributed by atoms with Crippen molar-refractivity contribution in [2.45, 2.75) is 19.9 Å². The van der Waals surface area contributed by atoms with Crippen LogP contribution in [0.3, 0.4) is 0 Å². The summed E-state index contributed by atoms with van der Waals surface area (Å²) in [5.41, 5.74) is 5.46. The lowest BCUT2D eigenvalue weighted by Gasteiger charge is -2.41. The molecule has 0 saturated carbocycles. The summed E-state index contributed by atoms with van der Waals surface area (Å²) in [5, 5.41) is 0. The highest BCUT2D eigenvalue weighted by molar-refractivity contribution is 6.14. The van der Waals surface area contributed by atoms with E-state index in [9.17, 15) is 9.59 Å². The fourth-order valence-corrected chi connectivity index (χ4v) is 4.05. The number of para-hydroxylation sites is 1. The predicted molar refractivity (Wildman–Crippen MR) is 126 cm³/mol. The standard InChI is InChI=1S/C26H27N3O2/c1-18-9-8-12-23(19(18)2)28-17-24(30)29(22-10-6-5-7-11-22)25(26(28)31)20-13-15-21(16-14-20)27(3)4/h5-16,25H,17H2,1-4H3/t25-/m1/s1. The normalized spacial score (nSPS) is 16.6. The van der Waals surface area contributed by atoms with Crippen LogP contribution in [0, 0.1) is 13.8 Å². The van der Waals surface area contributed by atoms with E-state index in [2.05, 4.69) is 0 Å². The van der Waals surface area contributed by atoms with Gasteiger partial charge in [-0.15, -0.1) is 0 Å². The maximum atomic E-state index is 13.9. The highest BCUT2D eigenvalue weighted by atomic mass is 16.2. The Hall–Kier alpha value is -3.60. The molecule has 158 valence electrons. The molecule has 31 heavy (non-hydrogen) atoms. The number of carbonyl (C=O) groups excluding carboxylic acids is 2. The van der Waals surface area contributed by atoms with E-state index in [1.54, 1.807) is 9.80 Å². The predicted octanol–water partition coefficient (Wildman–Crippen LogP) is 4.49. The Balaban J connectivity index is 1.82. The van der Waals surface area contributed by atoms with Crippen LogP contribution in [-0.2, 0) is 9.59 Å². The maximum Gasteiger partial charge on any atom is 0.255 e. The first-order valence-corrected chi connectivity index (χ1v) is 10.4. The Morgan fingerprint density at radius 1 is 0.839 bits per heavy atom. The average molecular weight is 414 g/mol. The summed E-state index contributed by atoms with van der Waals surface area (Å²) in [6.07, 6.45) is 0. The molecule has 1 fully saturated rings. The van der Waals surface area contributed by atoms with Crippen molar-refractivity contribution in [1.29, 1.82) is 0 Å². The number of hydrogen-bond acceptors (Lipinski definition) is 3. The molecular formula is C26H27N3O2. The van der Waals surface area contributed by atoms with Crippen molar-refractivity contribution < 1.29 is 9.59 Å². The Labute approximate surface area is 183 Å². The zero-order valence-corrected chi connectivity index (χ0v) is 18.4. The third-order valence-corrected chi connectivity index (χ3v) is 5.95. The second kappa shape index (κ2) is 8.26. The molecule has 0 aliphatic carbocycles. The Kier molecular flexibility index (Phi) is 5.51. The molecule has 0 bridgehead atoms. The third kappa shape index (κ3) is 3.79. The number of benzene rings is 3. The van der Waals surface area contributed by atoms with Crippen LogP contribution in [0.25, 0.3) is 0 Å². The van der Waals surface area contributed by atoms with E-state index in [0.717, 1.165) is 33.8 Å². The van der Waals surface area contributed by atoms with Gasteiger partial charge >= 0.3 is 0 Å². The molecule has 0 radical (unpaired) electrons. The molecule has 1 aliphatic heterocycles. The molecule has 0 aromatic heterocycles. The second-order valence-electron chi connectivity index (χ2n) is 8.13. The number of hydrogen-bond donors (Lipinski definition) is 0. The molecular weight excluding hydrogens is 386 g/mol. The van der Waals surface area contributed by atoms with Gasteiger partial charge in [-0.25, -0.2) is 0 Å². The van der Waals surface area contributed by atoms with E-state index in [0.29, 0.717) is 0 Å². The van der Waals surface area contributed by atoms with E-state index in [-0.39, 0.29) is 18.4 Å². The van der Waals surface area contributed by atoms with E-state index >= 15 is 0 Å². The van der Waals surface area contributed by atoms with Gasteiger partial charge in [0.15, 0.2) is 0 Å². The van der Waals surface area contributed by atoms with Gasteiger partial charge in [-0.1, -0.05) is 42.5 Å². The van der Waals surface area contributed by atoms with Gasteiger partial charge in [0.25, 0.3) is 5.91 Å². The minimum atomic E-state index is -0.722. The fourth-order valence-electron chi connectivity index (χ4n) is 4.05. The number of nitrogens with zero attached hydrogens (tertiary/aromatic N) is 3. The van der Waals surface area contributed by atoms with E-state index in [1.165, 1.54) is 0 Å². The van der Waals surface area contributed by atoms with Gasteiger partial charge in [0, 0.05) is 31.2 Å². The largest absolute Gasteiger partial charge is 0.378 e. The summed E-state index contributed by atoms with van der Waals surface area (Å²) in [6, 6.07) is 22.4. The number of piperazine rings is 1. The first kappa shape index (κ1) is 20.7. The van der Waals surface area contributed by atoms with Crippen molar-refractivity contribution in [1.82, 2.24) is 0 Å². The molecule has 5 nitrogen and oxygen atoms in total. The molecule has 0 unspecified atom stereocenters. The fraction of sp³-hybridized carbons (Fsp3) is 0.231. The second-order valence-corrected chi connectivity index (χ2v) is 8.13. The van der Waals surface area contributed by atoms with Crippen molar-refractivity contribution in [3.05, 3.63) is 89.5 Å². The number of carbonyl (C=O) groups is 2. The maximum absolute atomic E-state index is 13.9. The smallest absolute Gasteiger partial charge is 0.255 e. The van der Waals surface area contributed by atoms with E-state index in [4.69, 9.17) is 0 Å². The molecule has 1 atom stereocenters. The van der Waals surface area contributed by atoms with Gasteiger partial charge in [-0.3, -0.25) is 14.5 Å². The Bertz CT molecular complexity index is 1110. The minimum absolute atomic E-state index is 0.0182. The van der Waals surface area contributed by atoms with Gasteiger partial charge in [-0.2, -0.15) is 0 Å². The van der Waals surface area contributed by atoms with Crippen molar-refractivity contribution in [3.63, 3.8) is 0 Å². The van der Waals surface area contributed by atoms with Crippen LogP contribution in [-0.4, -0.2) is 32.5 Å². The molecule has 3 aromatic rings. The van der Waals surface area contributed by atoms with Gasteiger partial charge in [0.1, 0.15) is 12.6 Å². The highest BCUT2D eigenvalue weighted by Gasteiger charge is 2.42. The molecule has 0 spiro atoms. The lowest BCUT2D eigenvalue weighted by molar-refractivity contribution is -0.128. The van der Waals surface area contributed by atoms with Crippen LogP contribution in [0.4, 0.5) is 17.1 Å². The number of rotatable bonds is 4. The summed E-state index contributed by atoms with van der Waals surface area (Å²) in [5.74, 6) is -0.205. The quantitative estimate of drug-likeness (QED) is 0.633. The van der Waals surface area contributed by atoms with Crippen molar-refractivity contribution in [2.75, 3.05) is 35.3 Å². The molecule has 3 aromatic carbocycles. The van der Waals surface area contributed by atoms with Gasteiger partial charge < -0.3 is 9.80 Å². The molecule has 1 heterocycles. The number of amides is 2. The average Bonchev–Trinajstić information content (AvgIpc) is 2.77. The first-order valence-electron chi connectivity index (χ1n) is 10.4. The van der Waals surface area contributed by atoms with Crippen LogP contribution in [0.2, 0.25) is 0 Å². The highest BCUT2D eigenvalue weighted by Crippen LogP contribution is 2.36. The molecule has 1 aliphatic rings. The minimum Gasteiger partial charge on any atom is -0.378 e. The van der Waals surface area contributed by atoms with Gasteiger partial charge in [0.2, 0.25) is 5.91 Å². The first-order chi connectivity index (χ1) is 14.9. The Morgan fingerprint density at radius 2 is 1.52 bits per heavy atom. The summed E-state index contributed by atoms with van der Waals surface area (Å²) in [4.78, 5) is 32.5. The van der Waals surface area contributed by atoms with Crippen LogP contribution in [0.1, 0.15) is 22.7 Å². The van der Waals surface area contributed by atoms with Gasteiger partial charge in [0.05, 0.1) is 0 Å². The molecule has 5 heteroatoms. The zero-order chi connectivity index (χ0) is 22.1. The Morgan fingerprint density at radius 3 is 2.16 bits per heavy atom. The number of aryl methyl sites for hydroxylation is 1. The summed E-state index contributed by atoms with van der Waals surface area (Å²) in [7, 11) is 3.95. The molecule has 2 amide bonds. The zero-order valence-electron chi connectivity index (χ0n) is 18.4. The third-order valence-electron chi connectivity index (χ3n) is 5.95. The molecule has 1 saturated heterocycles. The lowest BCUT2D eigenvalue weighted by Crippen LogP contribution is -2.56. The van der Waals surface area contributed by atoms with Crippen LogP contribution in [0.15, 0.2) is 72.8 Å². The summed E-state index contributed by atoms with van der Waals surface area (Å²) in [6.45, 7) is 4.03. The topological polar surface area (TPSA) is 43.9 Å². The van der Waals surface area contributed by atoms with Gasteiger partial charge in [-0.05, 0) is 60.9 Å². The van der Waals surface area contributed by atoms with Crippen LogP contribution in [0.5, 0.6) is 0 Å². The SMILES string of the molecule is Cc1cccc(N2CC(=O)N(c3ccccc3)[C@H](c3ccc(N(C)C)cc3)C2=O)c1C. The van der Waals surface area contributed by atoms with E-state index < -0.39 is 6.04 Å². The van der Waals surface area contributed by atoms with Crippen LogP contribution < -0.4 is 14.7 Å². The summed E-state index contributed by atoms with van der Waals surface area (Å²) < 4.78 is 0. The van der Waals surface area contributed by atoms with Crippen molar-refractivity contribution in [2.24, 2.45) is 0 Å².